The molecule has 1 atom stereocenters. The standard InChI is InChI=1S/C22H26N4O2S/c1-14(2)18-8-4-5-9-19(18)23-21(27)15(3)29-22-25-24-20(16-10-11-16)26(22)13-17-7-6-12-28-17/h4-9,12,14-16H,10-11,13H2,1-3H3,(H,23,27). The number of hydrogen-bond donors (Lipinski definition) is 1. The molecule has 1 aliphatic rings. The van der Waals surface area contributed by atoms with E-state index in [1.165, 1.54) is 11.8 Å². The van der Waals surface area contributed by atoms with Gasteiger partial charge in [0.15, 0.2) is 5.16 Å². The van der Waals surface area contributed by atoms with Gasteiger partial charge in [-0.25, -0.2) is 0 Å². The Morgan fingerprint density at radius 1 is 1.21 bits per heavy atom. The molecule has 0 bridgehead atoms. The summed E-state index contributed by atoms with van der Waals surface area (Å²) in [5.41, 5.74) is 2.01. The third kappa shape index (κ3) is 4.56. The molecule has 0 saturated heterocycles. The molecule has 1 saturated carbocycles. The monoisotopic (exact) mass is 410 g/mol. The van der Waals surface area contributed by atoms with Gasteiger partial charge in [0.05, 0.1) is 18.1 Å². The third-order valence-corrected chi connectivity index (χ3v) is 6.15. The van der Waals surface area contributed by atoms with Crippen LogP contribution in [-0.4, -0.2) is 25.9 Å². The van der Waals surface area contributed by atoms with Gasteiger partial charge in [0.2, 0.25) is 5.91 Å². The fraction of sp³-hybridized carbons (Fsp3) is 0.409. The summed E-state index contributed by atoms with van der Waals surface area (Å²) in [6.07, 6.45) is 3.96. The van der Waals surface area contributed by atoms with Crippen LogP contribution >= 0.6 is 11.8 Å². The molecule has 2 aromatic heterocycles. The van der Waals surface area contributed by atoms with E-state index in [1.807, 2.05) is 37.3 Å². The predicted molar refractivity (Wildman–Crippen MR) is 114 cm³/mol. The van der Waals surface area contributed by atoms with Gasteiger partial charge in [-0.2, -0.15) is 0 Å². The van der Waals surface area contributed by atoms with E-state index in [2.05, 4.69) is 40.0 Å². The smallest absolute Gasteiger partial charge is 0.237 e. The van der Waals surface area contributed by atoms with Gasteiger partial charge in [-0.3, -0.25) is 9.36 Å². The van der Waals surface area contributed by atoms with E-state index >= 15 is 0 Å². The van der Waals surface area contributed by atoms with Crippen LogP contribution in [0.15, 0.2) is 52.2 Å². The number of benzene rings is 1. The maximum absolute atomic E-state index is 12.9. The summed E-state index contributed by atoms with van der Waals surface area (Å²) < 4.78 is 7.61. The largest absolute Gasteiger partial charge is 0.467 e. The number of thioether (sulfide) groups is 1. The zero-order valence-corrected chi connectivity index (χ0v) is 17.8. The first-order valence-corrected chi connectivity index (χ1v) is 10.9. The molecule has 0 radical (unpaired) electrons. The van der Waals surface area contributed by atoms with Crippen molar-refractivity contribution in [2.24, 2.45) is 0 Å². The Balaban J connectivity index is 1.49. The maximum atomic E-state index is 12.9. The molecule has 1 unspecified atom stereocenters. The second-order valence-corrected chi connectivity index (χ2v) is 9.08. The van der Waals surface area contributed by atoms with E-state index in [9.17, 15) is 4.79 Å². The Bertz CT molecular complexity index is 977. The van der Waals surface area contributed by atoms with Crippen molar-refractivity contribution in [3.8, 4) is 0 Å². The Kier molecular flexibility index (Phi) is 5.76. The number of anilines is 1. The van der Waals surface area contributed by atoms with Gasteiger partial charge in [-0.05, 0) is 49.4 Å². The van der Waals surface area contributed by atoms with Gasteiger partial charge in [-0.1, -0.05) is 43.8 Å². The van der Waals surface area contributed by atoms with Crippen molar-refractivity contribution in [3.63, 3.8) is 0 Å². The number of amides is 1. The minimum absolute atomic E-state index is 0.0383. The zero-order valence-electron chi connectivity index (χ0n) is 17.0. The summed E-state index contributed by atoms with van der Waals surface area (Å²) in [5.74, 6) is 2.61. The first-order valence-electron chi connectivity index (χ1n) is 10.0. The highest BCUT2D eigenvalue weighted by molar-refractivity contribution is 8.00. The quantitative estimate of drug-likeness (QED) is 0.527. The molecule has 0 spiro atoms. The van der Waals surface area contributed by atoms with Gasteiger partial charge in [0.1, 0.15) is 11.6 Å². The average molecular weight is 411 g/mol. The molecule has 0 aliphatic heterocycles. The number of nitrogens with zero attached hydrogens (tertiary/aromatic N) is 3. The number of hydrogen-bond acceptors (Lipinski definition) is 5. The summed E-state index contributed by atoms with van der Waals surface area (Å²) in [4.78, 5) is 12.9. The van der Waals surface area contributed by atoms with E-state index < -0.39 is 0 Å². The number of carbonyl (C=O) groups excluding carboxylic acids is 1. The van der Waals surface area contributed by atoms with Crippen LogP contribution in [-0.2, 0) is 11.3 Å². The summed E-state index contributed by atoms with van der Waals surface area (Å²) in [6, 6.07) is 11.8. The molecule has 29 heavy (non-hydrogen) atoms. The lowest BCUT2D eigenvalue weighted by atomic mass is 10.0. The number of furan rings is 1. The van der Waals surface area contributed by atoms with Gasteiger partial charge in [0, 0.05) is 11.6 Å². The summed E-state index contributed by atoms with van der Waals surface area (Å²) in [6.45, 7) is 6.73. The zero-order chi connectivity index (χ0) is 20.4. The molecule has 2 heterocycles. The molecule has 1 amide bonds. The predicted octanol–water partition coefficient (Wildman–Crippen LogP) is 5.04. The van der Waals surface area contributed by atoms with E-state index in [4.69, 9.17) is 4.42 Å². The Morgan fingerprint density at radius 3 is 2.69 bits per heavy atom. The van der Waals surface area contributed by atoms with Gasteiger partial charge >= 0.3 is 0 Å². The number of carbonyl (C=O) groups is 1. The minimum atomic E-state index is -0.304. The Morgan fingerprint density at radius 2 is 2.00 bits per heavy atom. The molecule has 4 rings (SSSR count). The van der Waals surface area contributed by atoms with Crippen molar-refractivity contribution < 1.29 is 9.21 Å². The highest BCUT2D eigenvalue weighted by atomic mass is 32.2. The van der Waals surface area contributed by atoms with Crippen molar-refractivity contribution in [3.05, 3.63) is 59.8 Å². The highest BCUT2D eigenvalue weighted by Crippen LogP contribution is 2.40. The molecule has 152 valence electrons. The van der Waals surface area contributed by atoms with Crippen molar-refractivity contribution >= 4 is 23.4 Å². The lowest BCUT2D eigenvalue weighted by Crippen LogP contribution is -2.23. The van der Waals surface area contributed by atoms with Crippen molar-refractivity contribution in [1.82, 2.24) is 14.8 Å². The number of aromatic nitrogens is 3. The molecule has 1 aliphatic carbocycles. The summed E-state index contributed by atoms with van der Waals surface area (Å²) >= 11 is 1.44. The molecule has 7 heteroatoms. The van der Waals surface area contributed by atoms with Crippen LogP contribution in [0.3, 0.4) is 0 Å². The molecule has 1 N–H and O–H groups in total. The molecule has 3 aromatic rings. The van der Waals surface area contributed by atoms with Crippen LogP contribution in [0, 0.1) is 0 Å². The number of rotatable bonds is 8. The summed E-state index contributed by atoms with van der Waals surface area (Å²) in [7, 11) is 0. The first-order chi connectivity index (χ1) is 14.0. The van der Waals surface area contributed by atoms with Crippen LogP contribution in [0.25, 0.3) is 0 Å². The van der Waals surface area contributed by atoms with Crippen LogP contribution in [0.1, 0.15) is 62.6 Å². The van der Waals surface area contributed by atoms with Crippen LogP contribution < -0.4 is 5.32 Å². The van der Waals surface area contributed by atoms with Crippen LogP contribution in [0.5, 0.6) is 0 Å². The van der Waals surface area contributed by atoms with E-state index in [-0.39, 0.29) is 11.2 Å². The lowest BCUT2D eigenvalue weighted by molar-refractivity contribution is -0.115. The molecular formula is C22H26N4O2S. The van der Waals surface area contributed by atoms with Crippen molar-refractivity contribution in [2.75, 3.05) is 5.32 Å². The fourth-order valence-corrected chi connectivity index (χ4v) is 4.15. The van der Waals surface area contributed by atoms with Crippen LogP contribution in [0.2, 0.25) is 0 Å². The van der Waals surface area contributed by atoms with E-state index in [0.717, 1.165) is 40.8 Å². The molecule has 6 nitrogen and oxygen atoms in total. The molecule has 1 fully saturated rings. The van der Waals surface area contributed by atoms with Gasteiger partial charge in [0.25, 0.3) is 0 Å². The number of para-hydroxylation sites is 1. The van der Waals surface area contributed by atoms with Crippen molar-refractivity contribution in [1.29, 1.82) is 0 Å². The third-order valence-electron chi connectivity index (χ3n) is 5.07. The van der Waals surface area contributed by atoms with Gasteiger partial charge < -0.3 is 9.73 Å². The van der Waals surface area contributed by atoms with E-state index in [1.54, 1.807) is 6.26 Å². The summed E-state index contributed by atoms with van der Waals surface area (Å²) in [5, 5.41) is 12.3. The van der Waals surface area contributed by atoms with Crippen LogP contribution in [0.4, 0.5) is 5.69 Å². The lowest BCUT2D eigenvalue weighted by Gasteiger charge is -2.16. The minimum Gasteiger partial charge on any atom is -0.467 e. The average Bonchev–Trinajstić information content (AvgIpc) is 3.28. The fourth-order valence-electron chi connectivity index (χ4n) is 3.30. The normalized spacial score (nSPS) is 14.9. The number of nitrogens with one attached hydrogen (secondary N) is 1. The highest BCUT2D eigenvalue weighted by Gasteiger charge is 2.31. The second kappa shape index (κ2) is 8.45. The Labute approximate surface area is 175 Å². The SMILES string of the molecule is CC(Sc1nnc(C2CC2)n1Cc1ccco1)C(=O)Nc1ccccc1C(C)C. The molecule has 1 aromatic carbocycles. The topological polar surface area (TPSA) is 73.0 Å². The van der Waals surface area contributed by atoms with Gasteiger partial charge in [-0.15, -0.1) is 10.2 Å². The second-order valence-electron chi connectivity index (χ2n) is 7.77. The first kappa shape index (κ1) is 19.8. The Hall–Kier alpha value is -2.54. The van der Waals surface area contributed by atoms with E-state index in [0.29, 0.717) is 18.4 Å². The van der Waals surface area contributed by atoms with Crippen molar-refractivity contribution in [2.45, 2.75) is 62.4 Å². The maximum Gasteiger partial charge on any atom is 0.237 e. The molecular weight excluding hydrogens is 384 g/mol.